The fraction of sp³-hybridized carbons (Fsp3) is 0.273. The van der Waals surface area contributed by atoms with Gasteiger partial charge in [0.15, 0.2) is 0 Å². The van der Waals surface area contributed by atoms with Crippen LogP contribution in [-0.2, 0) is 15.8 Å². The Labute approximate surface area is 216 Å². The SMILES string of the molecule is CN1CCN(C(=O)NC(C(=O)N[C@H]2Cc3cccc(C(=O)O)c3OB2O)c2ccc(P(=O)(O)O)cc2)C1=O. The highest BCUT2D eigenvalue weighted by Crippen LogP contribution is 2.33. The van der Waals surface area contributed by atoms with E-state index in [1.165, 1.54) is 36.2 Å². The molecule has 5 amide bonds. The quantitative estimate of drug-likeness (QED) is 0.201. The molecule has 38 heavy (non-hydrogen) atoms. The molecule has 2 atom stereocenters. The zero-order valence-electron chi connectivity index (χ0n) is 20.0. The molecule has 0 saturated carbocycles. The number of imide groups is 1. The van der Waals surface area contributed by atoms with Gasteiger partial charge >= 0.3 is 32.7 Å². The van der Waals surface area contributed by atoms with Gasteiger partial charge in [0.1, 0.15) is 11.8 Å². The zero-order valence-corrected chi connectivity index (χ0v) is 20.9. The van der Waals surface area contributed by atoms with E-state index in [-0.39, 0.29) is 35.1 Å². The van der Waals surface area contributed by atoms with Crippen LogP contribution in [0.25, 0.3) is 0 Å². The second-order valence-electron chi connectivity index (χ2n) is 8.80. The van der Waals surface area contributed by atoms with Crippen molar-refractivity contribution < 1.29 is 48.3 Å². The molecule has 0 bridgehead atoms. The maximum atomic E-state index is 13.4. The maximum Gasteiger partial charge on any atom is 0.547 e. The predicted octanol–water partition coefficient (Wildman–Crippen LogP) is -0.554. The summed E-state index contributed by atoms with van der Waals surface area (Å²) in [6.07, 6.45) is 0.0105. The lowest BCUT2D eigenvalue weighted by Gasteiger charge is -2.30. The molecule has 6 N–H and O–H groups in total. The second-order valence-corrected chi connectivity index (χ2v) is 10.4. The molecule has 16 heteroatoms. The zero-order chi connectivity index (χ0) is 27.8. The van der Waals surface area contributed by atoms with E-state index in [0.29, 0.717) is 12.1 Å². The van der Waals surface area contributed by atoms with Crippen LogP contribution in [0.1, 0.15) is 27.5 Å². The average molecular weight is 546 g/mol. The number of carboxylic acid groups (broad SMARTS) is 1. The Kier molecular flexibility index (Phi) is 7.47. The van der Waals surface area contributed by atoms with Gasteiger partial charge in [0.2, 0.25) is 5.91 Å². The van der Waals surface area contributed by atoms with Gasteiger partial charge in [-0.2, -0.15) is 0 Å². The van der Waals surface area contributed by atoms with Gasteiger partial charge < -0.3 is 40.1 Å². The number of nitrogens with zero attached hydrogens (tertiary/aromatic N) is 2. The lowest BCUT2D eigenvalue weighted by atomic mass is 9.72. The van der Waals surface area contributed by atoms with Crippen molar-refractivity contribution in [2.45, 2.75) is 18.4 Å². The van der Waals surface area contributed by atoms with Gasteiger partial charge in [-0.3, -0.25) is 9.36 Å². The number of aromatic carboxylic acids is 1. The van der Waals surface area contributed by atoms with E-state index in [2.05, 4.69) is 10.6 Å². The number of para-hydroxylation sites is 1. The standard InChI is InChI=1S/C22H24BN4O10P/c1-26-9-10-27(22(26)32)21(31)25-17(12-5-7-14(8-6-12)38(34,35)36)19(28)24-16-11-13-3-2-4-15(20(29)30)18(13)37-23(16)33/h2-8,16-17,33H,9-11H2,1H3,(H,24,28)(H,25,31)(H,29,30)(H2,34,35,36)/t16-,17?/m0/s1. The number of amides is 5. The number of fused-ring (bicyclic) bond motifs is 1. The number of nitrogens with one attached hydrogen (secondary N) is 2. The monoisotopic (exact) mass is 546 g/mol. The van der Waals surface area contributed by atoms with E-state index in [9.17, 15) is 43.7 Å². The van der Waals surface area contributed by atoms with Crippen LogP contribution in [0, 0.1) is 0 Å². The van der Waals surface area contributed by atoms with Crippen LogP contribution < -0.4 is 20.6 Å². The minimum Gasteiger partial charge on any atom is -0.534 e. The Morgan fingerprint density at radius 3 is 2.39 bits per heavy atom. The highest BCUT2D eigenvalue weighted by Gasteiger charge is 2.40. The molecule has 2 heterocycles. The summed E-state index contributed by atoms with van der Waals surface area (Å²) < 4.78 is 16.9. The van der Waals surface area contributed by atoms with Crippen LogP contribution in [0.4, 0.5) is 9.59 Å². The molecule has 0 aromatic heterocycles. The van der Waals surface area contributed by atoms with Gasteiger partial charge in [-0.25, -0.2) is 19.3 Å². The average Bonchev–Trinajstić information content (AvgIpc) is 3.20. The second kappa shape index (κ2) is 10.5. The summed E-state index contributed by atoms with van der Waals surface area (Å²) in [4.78, 5) is 71.0. The van der Waals surface area contributed by atoms with E-state index in [0.717, 1.165) is 17.0 Å². The number of hydrogen-bond acceptors (Lipinski definition) is 7. The Morgan fingerprint density at radius 1 is 1.13 bits per heavy atom. The normalized spacial score (nSPS) is 17.9. The van der Waals surface area contributed by atoms with Crippen LogP contribution in [0.5, 0.6) is 5.75 Å². The number of carbonyl (C=O) groups is 4. The first-order valence-electron chi connectivity index (χ1n) is 11.4. The van der Waals surface area contributed by atoms with E-state index >= 15 is 0 Å². The van der Waals surface area contributed by atoms with Gasteiger partial charge in [-0.15, -0.1) is 0 Å². The smallest absolute Gasteiger partial charge is 0.534 e. The first-order chi connectivity index (χ1) is 17.9. The summed E-state index contributed by atoms with van der Waals surface area (Å²) in [5.74, 6) is -3.12. The molecule has 2 aromatic rings. The molecule has 2 aliphatic heterocycles. The summed E-state index contributed by atoms with van der Waals surface area (Å²) in [7, 11) is -4.67. The van der Waals surface area contributed by atoms with E-state index < -0.39 is 50.6 Å². The largest absolute Gasteiger partial charge is 0.547 e. The van der Waals surface area contributed by atoms with E-state index in [4.69, 9.17) is 4.65 Å². The van der Waals surface area contributed by atoms with Crippen molar-refractivity contribution in [3.63, 3.8) is 0 Å². The number of rotatable bonds is 6. The van der Waals surface area contributed by atoms with Crippen molar-refractivity contribution in [1.29, 1.82) is 0 Å². The fourth-order valence-corrected chi connectivity index (χ4v) is 4.72. The third-order valence-corrected chi connectivity index (χ3v) is 7.20. The Bertz CT molecular complexity index is 1330. The van der Waals surface area contributed by atoms with Crippen molar-refractivity contribution in [3.05, 3.63) is 59.2 Å². The number of carboxylic acids is 1. The summed E-state index contributed by atoms with van der Waals surface area (Å²) in [6.45, 7) is 0.383. The number of hydrogen-bond donors (Lipinski definition) is 6. The highest BCUT2D eigenvalue weighted by atomic mass is 31.2. The highest BCUT2D eigenvalue weighted by molar-refractivity contribution is 7.60. The summed E-state index contributed by atoms with van der Waals surface area (Å²) in [6, 6.07) is 6.26. The fourth-order valence-electron chi connectivity index (χ4n) is 4.18. The molecule has 14 nitrogen and oxygen atoms in total. The van der Waals surface area contributed by atoms with Crippen molar-refractivity contribution in [3.8, 4) is 5.75 Å². The summed E-state index contributed by atoms with van der Waals surface area (Å²) in [5, 5.41) is 24.6. The van der Waals surface area contributed by atoms with Crippen LogP contribution in [-0.4, -0.2) is 86.9 Å². The van der Waals surface area contributed by atoms with E-state index in [1.54, 1.807) is 6.07 Å². The number of urea groups is 2. The third kappa shape index (κ3) is 5.50. The van der Waals surface area contributed by atoms with Gasteiger partial charge in [-0.05, 0) is 35.7 Å². The molecule has 200 valence electrons. The van der Waals surface area contributed by atoms with Crippen LogP contribution in [0.2, 0.25) is 0 Å². The predicted molar refractivity (Wildman–Crippen MR) is 132 cm³/mol. The van der Waals surface area contributed by atoms with Crippen molar-refractivity contribution in [2.75, 3.05) is 20.1 Å². The third-order valence-electron chi connectivity index (χ3n) is 6.23. The topological polar surface area (TPSA) is 206 Å². The first-order valence-corrected chi connectivity index (χ1v) is 13.0. The van der Waals surface area contributed by atoms with Crippen molar-refractivity contribution in [2.24, 2.45) is 0 Å². The molecule has 0 aliphatic carbocycles. The van der Waals surface area contributed by atoms with Crippen LogP contribution in [0.3, 0.4) is 0 Å². The van der Waals surface area contributed by atoms with Gasteiger partial charge in [0, 0.05) is 20.1 Å². The van der Waals surface area contributed by atoms with Crippen molar-refractivity contribution in [1.82, 2.24) is 20.4 Å². The lowest BCUT2D eigenvalue weighted by molar-refractivity contribution is -0.123. The van der Waals surface area contributed by atoms with Gasteiger partial charge in [0.05, 0.1) is 16.8 Å². The molecule has 4 rings (SSSR count). The van der Waals surface area contributed by atoms with Crippen LogP contribution >= 0.6 is 7.60 Å². The molecule has 2 aromatic carbocycles. The van der Waals surface area contributed by atoms with E-state index in [1.807, 2.05) is 0 Å². The Hall–Kier alpha value is -3.91. The maximum absolute atomic E-state index is 13.4. The Balaban J connectivity index is 1.58. The minimum atomic E-state index is -4.57. The number of benzene rings is 2. The summed E-state index contributed by atoms with van der Waals surface area (Å²) in [5.41, 5.74) is 0.424. The van der Waals surface area contributed by atoms with Gasteiger partial charge in [-0.1, -0.05) is 24.3 Å². The lowest BCUT2D eigenvalue weighted by Crippen LogP contribution is -2.56. The van der Waals surface area contributed by atoms with Crippen molar-refractivity contribution >= 4 is 44.0 Å². The number of carbonyl (C=O) groups excluding carboxylic acids is 3. The molecule has 0 radical (unpaired) electrons. The molecule has 0 spiro atoms. The molecular formula is C22H24BN4O10P. The molecular weight excluding hydrogens is 522 g/mol. The molecule has 1 fully saturated rings. The molecule has 1 unspecified atom stereocenters. The number of likely N-dealkylation sites (N-methyl/N-ethyl adjacent to an activating group) is 1. The Morgan fingerprint density at radius 2 is 1.82 bits per heavy atom. The minimum absolute atomic E-state index is 0.0105. The summed E-state index contributed by atoms with van der Waals surface area (Å²) >= 11 is 0. The molecule has 2 aliphatic rings. The molecule has 1 saturated heterocycles. The first kappa shape index (κ1) is 27.1. The van der Waals surface area contributed by atoms with Crippen LogP contribution in [0.15, 0.2) is 42.5 Å². The van der Waals surface area contributed by atoms with Gasteiger partial charge in [0.25, 0.3) is 0 Å².